The Labute approximate surface area is 161 Å². The summed E-state index contributed by atoms with van der Waals surface area (Å²) in [6.07, 6.45) is 0.135. The molecule has 0 radical (unpaired) electrons. The Kier molecular flexibility index (Phi) is 5.89. The second-order valence-electron chi connectivity index (χ2n) is 7.31. The summed E-state index contributed by atoms with van der Waals surface area (Å²) in [6.45, 7) is 11.1. The Hall–Kier alpha value is -2.69. The zero-order chi connectivity index (χ0) is 19.4. The number of nitrogens with one attached hydrogen (secondary N) is 1. The van der Waals surface area contributed by atoms with Crippen LogP contribution in [0.15, 0.2) is 42.5 Å². The second kappa shape index (κ2) is 8.33. The van der Waals surface area contributed by atoms with E-state index in [4.69, 9.17) is 4.74 Å². The number of benzene rings is 2. The molecule has 1 N–H and O–H groups in total. The van der Waals surface area contributed by atoms with Crippen LogP contribution in [-0.4, -0.2) is 43.2 Å². The third kappa shape index (κ3) is 4.54. The SMILES string of the molecule is Cc1cccc(C)c1NC(=O)N1CCN(c2ccccc2OC(C)C)CC1. The summed E-state index contributed by atoms with van der Waals surface area (Å²) in [6, 6.07) is 14.1. The number of hydrogen-bond acceptors (Lipinski definition) is 3. The van der Waals surface area contributed by atoms with Crippen molar-refractivity contribution in [2.45, 2.75) is 33.8 Å². The maximum Gasteiger partial charge on any atom is 0.321 e. The number of carbonyl (C=O) groups excluding carboxylic acids is 1. The molecule has 2 aromatic carbocycles. The zero-order valence-corrected chi connectivity index (χ0v) is 16.7. The van der Waals surface area contributed by atoms with Gasteiger partial charge in [-0.25, -0.2) is 4.79 Å². The lowest BCUT2D eigenvalue weighted by atomic mass is 10.1. The summed E-state index contributed by atoms with van der Waals surface area (Å²) < 4.78 is 5.94. The third-order valence-electron chi connectivity index (χ3n) is 4.85. The Morgan fingerprint density at radius 1 is 0.963 bits per heavy atom. The molecule has 3 rings (SSSR count). The molecule has 5 heteroatoms. The lowest BCUT2D eigenvalue weighted by molar-refractivity contribution is 0.207. The van der Waals surface area contributed by atoms with Gasteiger partial charge in [-0.3, -0.25) is 0 Å². The summed E-state index contributed by atoms with van der Waals surface area (Å²) in [7, 11) is 0. The molecule has 0 bridgehead atoms. The fourth-order valence-corrected chi connectivity index (χ4v) is 3.42. The molecule has 5 nitrogen and oxygen atoms in total. The molecule has 1 aliphatic heterocycles. The summed E-state index contributed by atoms with van der Waals surface area (Å²) >= 11 is 0. The van der Waals surface area contributed by atoms with Crippen LogP contribution in [0.5, 0.6) is 5.75 Å². The largest absolute Gasteiger partial charge is 0.489 e. The van der Waals surface area contributed by atoms with Crippen LogP contribution < -0.4 is 15.0 Å². The minimum atomic E-state index is -0.0289. The van der Waals surface area contributed by atoms with E-state index in [0.29, 0.717) is 13.1 Å². The van der Waals surface area contributed by atoms with Gasteiger partial charge in [-0.2, -0.15) is 0 Å². The first-order chi connectivity index (χ1) is 13.0. The molecular weight excluding hydrogens is 338 g/mol. The van der Waals surface area contributed by atoms with Gasteiger partial charge in [-0.15, -0.1) is 0 Å². The highest BCUT2D eigenvalue weighted by atomic mass is 16.5. The number of amides is 2. The van der Waals surface area contributed by atoms with Crippen LogP contribution in [0.4, 0.5) is 16.2 Å². The molecule has 0 spiro atoms. The molecule has 1 saturated heterocycles. The van der Waals surface area contributed by atoms with Crippen molar-refractivity contribution in [3.8, 4) is 5.75 Å². The molecule has 0 atom stereocenters. The first-order valence-corrected chi connectivity index (χ1v) is 9.58. The molecule has 2 aromatic rings. The number of rotatable bonds is 4. The van der Waals surface area contributed by atoms with E-state index in [1.54, 1.807) is 0 Å². The van der Waals surface area contributed by atoms with Crippen LogP contribution in [-0.2, 0) is 0 Å². The topological polar surface area (TPSA) is 44.8 Å². The number of carbonyl (C=O) groups is 1. The lowest BCUT2D eigenvalue weighted by Gasteiger charge is -2.37. The van der Waals surface area contributed by atoms with Gasteiger partial charge in [0.1, 0.15) is 5.75 Å². The number of hydrogen-bond donors (Lipinski definition) is 1. The van der Waals surface area contributed by atoms with Crippen molar-refractivity contribution in [2.75, 3.05) is 36.4 Å². The minimum Gasteiger partial charge on any atom is -0.489 e. The third-order valence-corrected chi connectivity index (χ3v) is 4.85. The molecule has 0 saturated carbocycles. The average Bonchev–Trinajstić information content (AvgIpc) is 2.65. The molecule has 2 amide bonds. The van der Waals surface area contributed by atoms with Crippen LogP contribution >= 0.6 is 0 Å². The average molecular weight is 367 g/mol. The van der Waals surface area contributed by atoms with Crippen LogP contribution in [0.2, 0.25) is 0 Å². The van der Waals surface area contributed by atoms with Crippen molar-refractivity contribution in [3.63, 3.8) is 0 Å². The predicted molar refractivity (Wildman–Crippen MR) is 111 cm³/mol. The second-order valence-corrected chi connectivity index (χ2v) is 7.31. The highest BCUT2D eigenvalue weighted by Crippen LogP contribution is 2.30. The fourth-order valence-electron chi connectivity index (χ4n) is 3.42. The number of piperazine rings is 1. The Morgan fingerprint density at radius 2 is 1.59 bits per heavy atom. The molecule has 1 fully saturated rings. The summed E-state index contributed by atoms with van der Waals surface area (Å²) in [5, 5.41) is 3.08. The first kappa shape index (κ1) is 19.1. The maximum absolute atomic E-state index is 12.7. The van der Waals surface area contributed by atoms with Gasteiger partial charge < -0.3 is 19.9 Å². The minimum absolute atomic E-state index is 0.0289. The van der Waals surface area contributed by atoms with E-state index in [2.05, 4.69) is 16.3 Å². The quantitative estimate of drug-likeness (QED) is 0.869. The van der Waals surface area contributed by atoms with E-state index < -0.39 is 0 Å². The van der Waals surface area contributed by atoms with Gasteiger partial charge in [0.2, 0.25) is 0 Å². The molecule has 0 unspecified atom stereocenters. The smallest absolute Gasteiger partial charge is 0.321 e. The van der Waals surface area contributed by atoms with Crippen LogP contribution in [0, 0.1) is 13.8 Å². The van der Waals surface area contributed by atoms with Gasteiger partial charge in [-0.1, -0.05) is 30.3 Å². The number of nitrogens with zero attached hydrogens (tertiary/aromatic N) is 2. The molecule has 144 valence electrons. The molecule has 1 aliphatic rings. The van der Waals surface area contributed by atoms with Crippen LogP contribution in [0.3, 0.4) is 0 Å². The highest BCUT2D eigenvalue weighted by molar-refractivity contribution is 5.91. The number of para-hydroxylation sites is 3. The van der Waals surface area contributed by atoms with Gasteiger partial charge >= 0.3 is 6.03 Å². The summed E-state index contributed by atoms with van der Waals surface area (Å²) in [4.78, 5) is 16.9. The Morgan fingerprint density at radius 3 is 2.22 bits per heavy atom. The van der Waals surface area contributed by atoms with Gasteiger partial charge in [0, 0.05) is 31.9 Å². The van der Waals surface area contributed by atoms with E-state index >= 15 is 0 Å². The van der Waals surface area contributed by atoms with Gasteiger partial charge in [0.15, 0.2) is 0 Å². The maximum atomic E-state index is 12.7. The van der Waals surface area contributed by atoms with E-state index in [1.165, 1.54) is 0 Å². The van der Waals surface area contributed by atoms with E-state index in [0.717, 1.165) is 41.3 Å². The van der Waals surface area contributed by atoms with Crippen molar-refractivity contribution < 1.29 is 9.53 Å². The molecular formula is C22H29N3O2. The number of ether oxygens (including phenoxy) is 1. The Bertz CT molecular complexity index is 776. The van der Waals surface area contributed by atoms with Crippen molar-refractivity contribution >= 4 is 17.4 Å². The van der Waals surface area contributed by atoms with E-state index in [-0.39, 0.29) is 12.1 Å². The lowest BCUT2D eigenvalue weighted by Crippen LogP contribution is -2.50. The van der Waals surface area contributed by atoms with Crippen LogP contribution in [0.1, 0.15) is 25.0 Å². The molecule has 27 heavy (non-hydrogen) atoms. The number of aryl methyl sites for hydroxylation is 2. The van der Waals surface area contributed by atoms with Crippen molar-refractivity contribution in [3.05, 3.63) is 53.6 Å². The standard InChI is InChI=1S/C22H29N3O2/c1-16(2)27-20-11-6-5-10-19(20)24-12-14-25(15-13-24)22(26)23-21-17(3)8-7-9-18(21)4/h5-11,16H,12-15H2,1-4H3,(H,23,26). The monoisotopic (exact) mass is 367 g/mol. The fraction of sp³-hybridized carbons (Fsp3) is 0.409. The van der Waals surface area contributed by atoms with Gasteiger partial charge in [0.25, 0.3) is 0 Å². The zero-order valence-electron chi connectivity index (χ0n) is 16.7. The molecule has 0 aliphatic carbocycles. The summed E-state index contributed by atoms with van der Waals surface area (Å²) in [5.41, 5.74) is 4.19. The number of anilines is 2. The van der Waals surface area contributed by atoms with E-state index in [9.17, 15) is 4.79 Å². The highest BCUT2D eigenvalue weighted by Gasteiger charge is 2.23. The Balaban J connectivity index is 1.63. The van der Waals surface area contributed by atoms with E-state index in [1.807, 2.05) is 69.0 Å². The first-order valence-electron chi connectivity index (χ1n) is 9.58. The van der Waals surface area contributed by atoms with Crippen molar-refractivity contribution in [1.82, 2.24) is 4.90 Å². The molecule has 0 aromatic heterocycles. The van der Waals surface area contributed by atoms with Crippen molar-refractivity contribution in [2.24, 2.45) is 0 Å². The van der Waals surface area contributed by atoms with Crippen LogP contribution in [0.25, 0.3) is 0 Å². The molecule has 1 heterocycles. The van der Waals surface area contributed by atoms with Crippen molar-refractivity contribution in [1.29, 1.82) is 0 Å². The summed E-state index contributed by atoms with van der Waals surface area (Å²) in [5.74, 6) is 0.904. The predicted octanol–water partition coefficient (Wildman–Crippen LogP) is 4.44. The van der Waals surface area contributed by atoms with Gasteiger partial charge in [0.05, 0.1) is 11.8 Å². The normalized spacial score (nSPS) is 14.4. The number of urea groups is 1. The van der Waals surface area contributed by atoms with Gasteiger partial charge in [-0.05, 0) is 51.0 Å².